The van der Waals surface area contributed by atoms with Crippen LogP contribution in [0.4, 0.5) is 23.7 Å². The Labute approximate surface area is 160 Å². The van der Waals surface area contributed by atoms with Gasteiger partial charge in [0, 0.05) is 25.9 Å². The van der Waals surface area contributed by atoms with Crippen molar-refractivity contribution in [3.8, 4) is 0 Å². The van der Waals surface area contributed by atoms with E-state index in [1.165, 1.54) is 12.0 Å². The van der Waals surface area contributed by atoms with Crippen LogP contribution in [0.5, 0.6) is 0 Å². The molecule has 28 heavy (non-hydrogen) atoms. The van der Waals surface area contributed by atoms with Gasteiger partial charge in [0.2, 0.25) is 0 Å². The summed E-state index contributed by atoms with van der Waals surface area (Å²) in [4.78, 5) is 13.8. The van der Waals surface area contributed by atoms with Gasteiger partial charge < -0.3 is 19.8 Å². The van der Waals surface area contributed by atoms with E-state index < -0.39 is 24.8 Å². The zero-order chi connectivity index (χ0) is 20.3. The lowest BCUT2D eigenvalue weighted by atomic mass is 10.1. The van der Waals surface area contributed by atoms with E-state index in [9.17, 15) is 18.0 Å². The van der Waals surface area contributed by atoms with Gasteiger partial charge in [-0.1, -0.05) is 12.1 Å². The first-order valence-electron chi connectivity index (χ1n) is 8.78. The molecule has 1 atom stereocenters. The molecule has 2 heterocycles. The van der Waals surface area contributed by atoms with Crippen molar-refractivity contribution in [1.29, 1.82) is 0 Å². The standard InChI is InChI=1S/C19H22F3N3O3/c1-12-6-7-17(28-12)16(10-27-2)24-18(26)23-15-5-3-4-13-8-25(9-14(13)15)11-19(20,21)22/h3-7,16H,8-11H2,1-2H3,(H2,23,24,26). The Morgan fingerprint density at radius 2 is 2.07 bits per heavy atom. The first kappa shape index (κ1) is 20.2. The molecule has 3 rings (SSSR count). The molecule has 1 aromatic heterocycles. The van der Waals surface area contributed by atoms with Crippen LogP contribution in [0.25, 0.3) is 0 Å². The van der Waals surface area contributed by atoms with E-state index in [0.717, 1.165) is 5.56 Å². The number of benzene rings is 1. The van der Waals surface area contributed by atoms with Crippen LogP contribution in [-0.2, 0) is 17.8 Å². The highest BCUT2D eigenvalue weighted by atomic mass is 19.4. The van der Waals surface area contributed by atoms with E-state index in [2.05, 4.69) is 10.6 Å². The minimum absolute atomic E-state index is 0.129. The molecule has 1 aromatic carbocycles. The highest BCUT2D eigenvalue weighted by Gasteiger charge is 2.34. The van der Waals surface area contributed by atoms with Crippen molar-refractivity contribution in [1.82, 2.24) is 10.2 Å². The van der Waals surface area contributed by atoms with Crippen LogP contribution in [0.2, 0.25) is 0 Å². The van der Waals surface area contributed by atoms with E-state index >= 15 is 0 Å². The van der Waals surface area contributed by atoms with E-state index in [1.807, 2.05) is 0 Å². The fourth-order valence-corrected chi connectivity index (χ4v) is 3.29. The highest BCUT2D eigenvalue weighted by molar-refractivity contribution is 5.90. The predicted molar refractivity (Wildman–Crippen MR) is 96.8 cm³/mol. The third kappa shape index (κ3) is 5.05. The first-order valence-corrected chi connectivity index (χ1v) is 8.78. The number of amides is 2. The molecule has 1 aliphatic rings. The Morgan fingerprint density at radius 3 is 2.71 bits per heavy atom. The molecule has 2 aromatic rings. The second-order valence-electron chi connectivity index (χ2n) is 6.76. The number of anilines is 1. The number of carbonyl (C=O) groups is 1. The second-order valence-corrected chi connectivity index (χ2v) is 6.76. The molecule has 0 saturated heterocycles. The van der Waals surface area contributed by atoms with Crippen LogP contribution < -0.4 is 10.6 Å². The summed E-state index contributed by atoms with van der Waals surface area (Å²) >= 11 is 0. The van der Waals surface area contributed by atoms with Crippen LogP contribution in [0, 0.1) is 6.92 Å². The minimum atomic E-state index is -4.26. The smallest absolute Gasteiger partial charge is 0.401 e. The van der Waals surface area contributed by atoms with E-state index in [1.54, 1.807) is 37.3 Å². The van der Waals surface area contributed by atoms with E-state index in [-0.39, 0.29) is 19.7 Å². The molecular weight excluding hydrogens is 375 g/mol. The monoisotopic (exact) mass is 397 g/mol. The molecule has 0 fully saturated rings. The molecule has 2 amide bonds. The first-order chi connectivity index (χ1) is 13.2. The number of rotatable bonds is 6. The number of furan rings is 1. The van der Waals surface area contributed by atoms with Gasteiger partial charge in [-0.05, 0) is 36.2 Å². The van der Waals surface area contributed by atoms with Gasteiger partial charge in [-0.25, -0.2) is 4.79 Å². The van der Waals surface area contributed by atoms with Crippen molar-refractivity contribution in [3.05, 3.63) is 53.0 Å². The number of nitrogens with one attached hydrogen (secondary N) is 2. The lowest BCUT2D eigenvalue weighted by molar-refractivity contribution is -0.146. The maximum absolute atomic E-state index is 12.7. The van der Waals surface area contributed by atoms with Gasteiger partial charge in [-0.15, -0.1) is 0 Å². The minimum Gasteiger partial charge on any atom is -0.464 e. The Balaban J connectivity index is 1.68. The average Bonchev–Trinajstić information content (AvgIpc) is 3.19. The normalized spacial score (nSPS) is 15.3. The number of carbonyl (C=O) groups excluding carboxylic acids is 1. The summed E-state index contributed by atoms with van der Waals surface area (Å²) in [6, 6.07) is 7.74. The van der Waals surface area contributed by atoms with Crippen LogP contribution in [0.15, 0.2) is 34.7 Å². The van der Waals surface area contributed by atoms with Gasteiger partial charge in [-0.3, -0.25) is 4.90 Å². The quantitative estimate of drug-likeness (QED) is 0.774. The second kappa shape index (κ2) is 8.24. The molecule has 2 N–H and O–H groups in total. The van der Waals surface area contributed by atoms with E-state index in [4.69, 9.17) is 9.15 Å². The maximum atomic E-state index is 12.7. The van der Waals surface area contributed by atoms with Crippen molar-refractivity contribution in [3.63, 3.8) is 0 Å². The summed E-state index contributed by atoms with van der Waals surface area (Å²) in [6.07, 6.45) is -4.26. The number of aryl methyl sites for hydroxylation is 1. The van der Waals surface area contributed by atoms with Gasteiger partial charge in [0.05, 0.1) is 13.2 Å². The molecule has 0 spiro atoms. The Kier molecular flexibility index (Phi) is 5.95. The zero-order valence-electron chi connectivity index (χ0n) is 15.6. The fourth-order valence-electron chi connectivity index (χ4n) is 3.29. The Bertz CT molecular complexity index is 835. The van der Waals surface area contributed by atoms with Crippen molar-refractivity contribution in [2.45, 2.75) is 32.2 Å². The number of urea groups is 1. The van der Waals surface area contributed by atoms with Crippen LogP contribution in [0.3, 0.4) is 0 Å². The number of halogens is 3. The largest absolute Gasteiger partial charge is 0.464 e. The lowest BCUT2D eigenvalue weighted by Gasteiger charge is -2.18. The third-order valence-corrected chi connectivity index (χ3v) is 4.44. The summed E-state index contributed by atoms with van der Waals surface area (Å²) < 4.78 is 48.7. The van der Waals surface area contributed by atoms with Crippen molar-refractivity contribution < 1.29 is 27.1 Å². The zero-order valence-corrected chi connectivity index (χ0v) is 15.6. The maximum Gasteiger partial charge on any atom is 0.401 e. The van der Waals surface area contributed by atoms with Crippen LogP contribution in [0.1, 0.15) is 28.7 Å². The topological polar surface area (TPSA) is 66.7 Å². The molecule has 0 aliphatic carbocycles. The molecule has 9 heteroatoms. The van der Waals surface area contributed by atoms with Gasteiger partial charge in [0.15, 0.2) is 0 Å². The van der Waals surface area contributed by atoms with Gasteiger partial charge in [0.25, 0.3) is 0 Å². The van der Waals surface area contributed by atoms with Gasteiger partial charge in [0.1, 0.15) is 17.6 Å². The molecule has 6 nitrogen and oxygen atoms in total. The Hall–Kier alpha value is -2.52. The summed E-state index contributed by atoms with van der Waals surface area (Å²) in [6.45, 7) is 1.36. The lowest BCUT2D eigenvalue weighted by Crippen LogP contribution is -2.35. The number of ether oxygens (including phenoxy) is 1. The molecule has 0 radical (unpaired) electrons. The molecule has 0 saturated carbocycles. The molecule has 1 unspecified atom stereocenters. The predicted octanol–water partition coefficient (Wildman–Crippen LogP) is 3.98. The summed E-state index contributed by atoms with van der Waals surface area (Å²) in [5.74, 6) is 1.27. The third-order valence-electron chi connectivity index (χ3n) is 4.44. The SMILES string of the molecule is COCC(NC(=O)Nc1cccc2c1CN(CC(F)(F)F)C2)c1ccc(C)o1. The molecule has 1 aliphatic heterocycles. The number of nitrogens with zero attached hydrogens (tertiary/aromatic N) is 1. The summed E-state index contributed by atoms with van der Waals surface area (Å²) in [5.41, 5.74) is 1.96. The van der Waals surface area contributed by atoms with Crippen LogP contribution >= 0.6 is 0 Å². The highest BCUT2D eigenvalue weighted by Crippen LogP contribution is 2.31. The summed E-state index contributed by atoms with van der Waals surface area (Å²) in [7, 11) is 1.52. The fraction of sp³-hybridized carbons (Fsp3) is 0.421. The van der Waals surface area contributed by atoms with Crippen molar-refractivity contribution in [2.75, 3.05) is 25.6 Å². The molecular formula is C19H22F3N3O3. The van der Waals surface area contributed by atoms with Gasteiger partial charge in [-0.2, -0.15) is 13.2 Å². The average molecular weight is 397 g/mol. The number of hydrogen-bond donors (Lipinski definition) is 2. The number of hydrogen-bond acceptors (Lipinski definition) is 4. The van der Waals surface area contributed by atoms with Crippen molar-refractivity contribution >= 4 is 11.7 Å². The van der Waals surface area contributed by atoms with Crippen molar-refractivity contribution in [2.24, 2.45) is 0 Å². The van der Waals surface area contributed by atoms with E-state index in [0.29, 0.717) is 22.8 Å². The number of alkyl halides is 3. The summed E-state index contributed by atoms with van der Waals surface area (Å²) in [5, 5.41) is 5.51. The molecule has 0 bridgehead atoms. The number of methoxy groups -OCH3 is 1. The number of fused-ring (bicyclic) bond motifs is 1. The Morgan fingerprint density at radius 1 is 1.29 bits per heavy atom. The van der Waals surface area contributed by atoms with Crippen LogP contribution in [-0.4, -0.2) is 37.4 Å². The molecule has 152 valence electrons. The van der Waals surface area contributed by atoms with Gasteiger partial charge >= 0.3 is 12.2 Å².